The Hall–Kier alpha value is -1.72. The molecule has 0 aliphatic carbocycles. The zero-order chi connectivity index (χ0) is 14.8. The quantitative estimate of drug-likeness (QED) is 0.836. The Kier molecular flexibility index (Phi) is 4.20. The average molecular weight is 287 g/mol. The molecular weight excluding hydrogens is 271 g/mol. The number of alkyl halides is 3. The van der Waals surface area contributed by atoms with E-state index in [4.69, 9.17) is 4.74 Å². The van der Waals surface area contributed by atoms with Crippen LogP contribution >= 0.6 is 0 Å². The van der Waals surface area contributed by atoms with E-state index in [1.165, 1.54) is 19.1 Å². The van der Waals surface area contributed by atoms with Crippen LogP contribution in [0.15, 0.2) is 24.3 Å². The molecule has 1 amide bonds. The monoisotopic (exact) mass is 287 g/mol. The molecule has 0 bridgehead atoms. The number of likely N-dealkylation sites (tertiary alicyclic amines) is 1. The first-order chi connectivity index (χ1) is 9.36. The van der Waals surface area contributed by atoms with Crippen LogP contribution < -0.4 is 4.74 Å². The van der Waals surface area contributed by atoms with Crippen molar-refractivity contribution in [3.05, 3.63) is 29.8 Å². The van der Waals surface area contributed by atoms with E-state index in [9.17, 15) is 18.0 Å². The lowest BCUT2D eigenvalue weighted by Crippen LogP contribution is -2.40. The van der Waals surface area contributed by atoms with Gasteiger partial charge in [0.25, 0.3) is 0 Å². The second-order valence-electron chi connectivity index (χ2n) is 4.85. The number of hydrogen-bond acceptors (Lipinski definition) is 2. The lowest BCUT2D eigenvalue weighted by Gasteiger charge is -2.31. The highest BCUT2D eigenvalue weighted by Gasteiger charge is 2.31. The van der Waals surface area contributed by atoms with Gasteiger partial charge in [-0.2, -0.15) is 13.2 Å². The van der Waals surface area contributed by atoms with Crippen molar-refractivity contribution in [1.82, 2.24) is 4.90 Å². The molecule has 0 saturated carbocycles. The highest BCUT2D eigenvalue weighted by atomic mass is 19.4. The van der Waals surface area contributed by atoms with Crippen LogP contribution in [0, 0.1) is 0 Å². The van der Waals surface area contributed by atoms with Crippen LogP contribution in [0.5, 0.6) is 5.75 Å². The predicted molar refractivity (Wildman–Crippen MR) is 67.3 cm³/mol. The van der Waals surface area contributed by atoms with Gasteiger partial charge < -0.3 is 9.64 Å². The number of ether oxygens (including phenoxy) is 1. The number of hydrogen-bond donors (Lipinski definition) is 0. The summed E-state index contributed by atoms with van der Waals surface area (Å²) >= 11 is 0. The standard InChI is InChI=1S/C14H16F3NO2/c1-10(19)18-7-5-12(6-8-18)20-13-4-2-3-11(9-13)14(15,16)17/h2-4,9,12H,5-8H2,1H3. The summed E-state index contributed by atoms with van der Waals surface area (Å²) in [6, 6.07) is 4.89. The fourth-order valence-electron chi connectivity index (χ4n) is 2.23. The summed E-state index contributed by atoms with van der Waals surface area (Å²) in [6.45, 7) is 2.67. The van der Waals surface area contributed by atoms with Gasteiger partial charge in [-0.1, -0.05) is 6.07 Å². The Labute approximate surface area is 115 Å². The number of rotatable bonds is 2. The molecule has 1 aliphatic heterocycles. The summed E-state index contributed by atoms with van der Waals surface area (Å²) in [5.74, 6) is 0.239. The SMILES string of the molecule is CC(=O)N1CCC(Oc2cccc(C(F)(F)F)c2)CC1. The zero-order valence-corrected chi connectivity index (χ0v) is 11.1. The van der Waals surface area contributed by atoms with Crippen molar-refractivity contribution in [2.24, 2.45) is 0 Å². The van der Waals surface area contributed by atoms with Gasteiger partial charge in [-0.15, -0.1) is 0 Å². The summed E-state index contributed by atoms with van der Waals surface area (Å²) < 4.78 is 43.3. The summed E-state index contributed by atoms with van der Waals surface area (Å²) in [7, 11) is 0. The third-order valence-electron chi connectivity index (χ3n) is 3.35. The molecule has 3 nitrogen and oxygen atoms in total. The summed E-state index contributed by atoms with van der Waals surface area (Å²) in [5, 5.41) is 0. The fraction of sp³-hybridized carbons (Fsp3) is 0.500. The van der Waals surface area contributed by atoms with Crippen molar-refractivity contribution in [3.8, 4) is 5.75 Å². The molecule has 110 valence electrons. The number of piperidine rings is 1. The molecule has 0 aromatic heterocycles. The van der Waals surface area contributed by atoms with Gasteiger partial charge >= 0.3 is 6.18 Å². The molecule has 1 heterocycles. The molecule has 1 aromatic rings. The lowest BCUT2D eigenvalue weighted by molar-refractivity contribution is -0.138. The molecule has 2 rings (SSSR count). The maximum Gasteiger partial charge on any atom is 0.416 e. The fourth-order valence-corrected chi connectivity index (χ4v) is 2.23. The van der Waals surface area contributed by atoms with Crippen molar-refractivity contribution in [2.75, 3.05) is 13.1 Å². The van der Waals surface area contributed by atoms with Gasteiger partial charge in [-0.05, 0) is 18.2 Å². The van der Waals surface area contributed by atoms with E-state index in [-0.39, 0.29) is 17.8 Å². The van der Waals surface area contributed by atoms with E-state index in [1.807, 2.05) is 0 Å². The van der Waals surface area contributed by atoms with E-state index in [2.05, 4.69) is 0 Å². The summed E-state index contributed by atoms with van der Waals surface area (Å²) in [6.07, 6.45) is -3.24. The minimum Gasteiger partial charge on any atom is -0.490 e. The molecule has 6 heteroatoms. The van der Waals surface area contributed by atoms with Gasteiger partial charge in [0.15, 0.2) is 0 Å². The number of halogens is 3. The van der Waals surface area contributed by atoms with Crippen LogP contribution in [0.3, 0.4) is 0 Å². The lowest BCUT2D eigenvalue weighted by atomic mass is 10.1. The highest BCUT2D eigenvalue weighted by Crippen LogP contribution is 2.32. The Balaban J connectivity index is 1.96. The van der Waals surface area contributed by atoms with Crippen LogP contribution in [-0.2, 0) is 11.0 Å². The smallest absolute Gasteiger partial charge is 0.416 e. The maximum atomic E-state index is 12.6. The van der Waals surface area contributed by atoms with E-state index in [1.54, 1.807) is 4.90 Å². The van der Waals surface area contributed by atoms with Gasteiger partial charge in [0.2, 0.25) is 5.91 Å². The number of benzene rings is 1. The Morgan fingerprint density at radius 2 is 1.95 bits per heavy atom. The second-order valence-corrected chi connectivity index (χ2v) is 4.85. The predicted octanol–water partition coefficient (Wildman–Crippen LogP) is 3.10. The van der Waals surface area contributed by atoms with Gasteiger partial charge in [0, 0.05) is 32.9 Å². The van der Waals surface area contributed by atoms with E-state index in [0.717, 1.165) is 12.1 Å². The van der Waals surface area contributed by atoms with Gasteiger partial charge in [-0.25, -0.2) is 0 Å². The zero-order valence-electron chi connectivity index (χ0n) is 11.1. The minimum absolute atomic E-state index is 0.0162. The van der Waals surface area contributed by atoms with Crippen molar-refractivity contribution < 1.29 is 22.7 Å². The van der Waals surface area contributed by atoms with E-state index < -0.39 is 11.7 Å². The molecule has 1 aromatic carbocycles. The first-order valence-corrected chi connectivity index (χ1v) is 6.45. The molecule has 0 spiro atoms. The van der Waals surface area contributed by atoms with Gasteiger partial charge in [0.05, 0.1) is 5.56 Å². The topological polar surface area (TPSA) is 29.5 Å². The summed E-state index contributed by atoms with van der Waals surface area (Å²) in [5.41, 5.74) is -0.712. The molecule has 1 saturated heterocycles. The van der Waals surface area contributed by atoms with E-state index in [0.29, 0.717) is 25.9 Å². The number of amides is 1. The van der Waals surface area contributed by atoms with Crippen LogP contribution in [0.1, 0.15) is 25.3 Å². The second kappa shape index (κ2) is 5.73. The Bertz CT molecular complexity index is 480. The third kappa shape index (κ3) is 3.65. The number of carbonyl (C=O) groups excluding carboxylic acids is 1. The maximum absolute atomic E-state index is 12.6. The molecule has 0 atom stereocenters. The molecular formula is C14H16F3NO2. The van der Waals surface area contributed by atoms with Gasteiger partial charge in [-0.3, -0.25) is 4.79 Å². The highest BCUT2D eigenvalue weighted by molar-refractivity contribution is 5.73. The van der Waals surface area contributed by atoms with Crippen LogP contribution in [0.4, 0.5) is 13.2 Å². The molecule has 0 radical (unpaired) electrons. The largest absolute Gasteiger partial charge is 0.490 e. The summed E-state index contributed by atoms with van der Waals surface area (Å²) in [4.78, 5) is 12.9. The first kappa shape index (κ1) is 14.7. The Morgan fingerprint density at radius 3 is 2.50 bits per heavy atom. The van der Waals surface area contributed by atoms with Gasteiger partial charge in [0.1, 0.15) is 11.9 Å². The molecule has 1 fully saturated rings. The third-order valence-corrected chi connectivity index (χ3v) is 3.35. The molecule has 1 aliphatic rings. The van der Waals surface area contributed by atoms with Crippen molar-refractivity contribution in [1.29, 1.82) is 0 Å². The van der Waals surface area contributed by atoms with Crippen molar-refractivity contribution in [2.45, 2.75) is 32.0 Å². The molecule has 0 N–H and O–H groups in total. The van der Waals surface area contributed by atoms with Crippen LogP contribution in [0.25, 0.3) is 0 Å². The minimum atomic E-state index is -4.36. The number of nitrogens with zero attached hydrogens (tertiary/aromatic N) is 1. The number of carbonyl (C=O) groups is 1. The van der Waals surface area contributed by atoms with Crippen LogP contribution in [-0.4, -0.2) is 30.0 Å². The van der Waals surface area contributed by atoms with E-state index >= 15 is 0 Å². The first-order valence-electron chi connectivity index (χ1n) is 6.45. The van der Waals surface area contributed by atoms with Crippen molar-refractivity contribution in [3.63, 3.8) is 0 Å². The average Bonchev–Trinajstić information content (AvgIpc) is 2.38. The van der Waals surface area contributed by atoms with Crippen molar-refractivity contribution >= 4 is 5.91 Å². The Morgan fingerprint density at radius 1 is 1.30 bits per heavy atom. The molecule has 0 unspecified atom stereocenters. The van der Waals surface area contributed by atoms with Crippen LogP contribution in [0.2, 0.25) is 0 Å². The normalized spacial score (nSPS) is 17.1. The molecule has 20 heavy (non-hydrogen) atoms.